The molecule has 10 heteroatoms. The van der Waals surface area contributed by atoms with Crippen LogP contribution in [0.2, 0.25) is 0 Å². The predicted octanol–water partition coefficient (Wildman–Crippen LogP) is 2.82. The maximum Gasteiger partial charge on any atom is 0.338 e. The summed E-state index contributed by atoms with van der Waals surface area (Å²) < 4.78 is 14.9. The highest BCUT2D eigenvalue weighted by atomic mass is 16.5. The Balaban J connectivity index is 1.47. The molecule has 1 N–H and O–H groups in total. The number of nitrogens with one attached hydrogen (secondary N) is 1. The van der Waals surface area contributed by atoms with Crippen LogP contribution in [0, 0.1) is 11.8 Å². The van der Waals surface area contributed by atoms with Crippen LogP contribution in [-0.2, 0) is 28.6 Å². The molecule has 1 aliphatic heterocycles. The molecular formula is C26H28N2O8. The summed E-state index contributed by atoms with van der Waals surface area (Å²) in [5, 5.41) is 2.58. The molecule has 1 atom stereocenters. The number of amides is 2. The van der Waals surface area contributed by atoms with Crippen LogP contribution in [0.25, 0.3) is 0 Å². The fourth-order valence-electron chi connectivity index (χ4n) is 3.48. The molecule has 1 aliphatic rings. The van der Waals surface area contributed by atoms with E-state index in [9.17, 15) is 24.0 Å². The normalized spacial score (nSPS) is 14.9. The molecule has 1 saturated heterocycles. The highest BCUT2D eigenvalue weighted by molar-refractivity contribution is 6.00. The second-order valence-electron chi connectivity index (χ2n) is 8.67. The summed E-state index contributed by atoms with van der Waals surface area (Å²) in [6.45, 7) is 3.77. The summed E-state index contributed by atoms with van der Waals surface area (Å²) in [5.41, 5.74) is 1.66. The Hall–Kier alpha value is -4.21. The summed E-state index contributed by atoms with van der Waals surface area (Å²) in [4.78, 5) is 62.0. The summed E-state index contributed by atoms with van der Waals surface area (Å²) in [6, 6.07) is 12.4. The summed E-state index contributed by atoms with van der Waals surface area (Å²) >= 11 is 0. The van der Waals surface area contributed by atoms with Gasteiger partial charge in [-0.3, -0.25) is 14.4 Å². The minimum Gasteiger partial charge on any atom is -0.465 e. The molecule has 0 saturated carbocycles. The smallest absolute Gasteiger partial charge is 0.338 e. The van der Waals surface area contributed by atoms with E-state index in [1.54, 1.807) is 24.3 Å². The van der Waals surface area contributed by atoms with Crippen LogP contribution in [0.15, 0.2) is 48.5 Å². The van der Waals surface area contributed by atoms with E-state index >= 15 is 0 Å². The minimum absolute atomic E-state index is 0.0480. The Morgan fingerprint density at radius 1 is 0.944 bits per heavy atom. The first-order valence-electron chi connectivity index (χ1n) is 11.4. The van der Waals surface area contributed by atoms with Gasteiger partial charge in [-0.15, -0.1) is 0 Å². The lowest BCUT2D eigenvalue weighted by molar-refractivity contribution is -0.151. The van der Waals surface area contributed by atoms with E-state index in [1.165, 1.54) is 36.3 Å². The molecule has 3 rings (SSSR count). The van der Waals surface area contributed by atoms with Crippen molar-refractivity contribution in [3.05, 3.63) is 59.7 Å². The third kappa shape index (κ3) is 6.91. The highest BCUT2D eigenvalue weighted by Crippen LogP contribution is 2.26. The van der Waals surface area contributed by atoms with Gasteiger partial charge in [0, 0.05) is 24.3 Å². The van der Waals surface area contributed by atoms with Crippen LogP contribution < -0.4 is 10.2 Å². The zero-order chi connectivity index (χ0) is 26.2. The number of methoxy groups -OCH3 is 1. The van der Waals surface area contributed by atoms with Gasteiger partial charge in [-0.25, -0.2) is 9.59 Å². The van der Waals surface area contributed by atoms with Gasteiger partial charge in [0.15, 0.2) is 6.61 Å². The monoisotopic (exact) mass is 496 g/mol. The standard InChI is InChI=1S/C26H28N2O8/c1-16(2)14-35-25(32)18-4-8-20(9-5-18)27-22(29)15-36-26(33)19-12-23(30)28(13-19)21-10-6-17(7-11-21)24(31)34-3/h4-11,16,19H,12-15H2,1-3H3,(H,27,29)/t19-/m1/s1. The van der Waals surface area contributed by atoms with Crippen LogP contribution in [0.3, 0.4) is 0 Å². The van der Waals surface area contributed by atoms with Crippen LogP contribution in [0.5, 0.6) is 0 Å². The number of hydrogen-bond acceptors (Lipinski definition) is 8. The maximum absolute atomic E-state index is 12.4. The number of benzene rings is 2. The van der Waals surface area contributed by atoms with Gasteiger partial charge in [0.2, 0.25) is 5.91 Å². The van der Waals surface area contributed by atoms with E-state index in [0.717, 1.165) is 0 Å². The van der Waals surface area contributed by atoms with Crippen molar-refractivity contribution in [2.75, 3.05) is 37.1 Å². The molecule has 0 radical (unpaired) electrons. The van der Waals surface area contributed by atoms with Gasteiger partial charge in [-0.05, 0) is 54.4 Å². The quantitative estimate of drug-likeness (QED) is 0.415. The third-order valence-corrected chi connectivity index (χ3v) is 5.36. The molecule has 10 nitrogen and oxygen atoms in total. The van der Waals surface area contributed by atoms with E-state index in [-0.39, 0.29) is 24.8 Å². The SMILES string of the molecule is COC(=O)c1ccc(N2C[C@H](C(=O)OCC(=O)Nc3ccc(C(=O)OCC(C)C)cc3)CC2=O)cc1. The Labute approximate surface area is 208 Å². The van der Waals surface area contributed by atoms with Crippen molar-refractivity contribution in [1.29, 1.82) is 0 Å². The van der Waals surface area contributed by atoms with Crippen LogP contribution >= 0.6 is 0 Å². The Kier molecular flexibility index (Phi) is 8.77. The molecule has 1 fully saturated rings. The number of anilines is 2. The fraction of sp³-hybridized carbons (Fsp3) is 0.346. The number of nitrogens with zero attached hydrogens (tertiary/aromatic N) is 1. The topological polar surface area (TPSA) is 128 Å². The first kappa shape index (κ1) is 26.4. The lowest BCUT2D eigenvalue weighted by Gasteiger charge is -2.16. The highest BCUT2D eigenvalue weighted by Gasteiger charge is 2.36. The molecule has 1 heterocycles. The largest absolute Gasteiger partial charge is 0.465 e. The van der Waals surface area contributed by atoms with Crippen molar-refractivity contribution in [1.82, 2.24) is 0 Å². The molecule has 2 aromatic rings. The van der Waals surface area contributed by atoms with E-state index in [2.05, 4.69) is 10.1 Å². The van der Waals surface area contributed by atoms with Gasteiger partial charge < -0.3 is 24.4 Å². The Morgan fingerprint density at radius 2 is 1.56 bits per heavy atom. The fourth-order valence-corrected chi connectivity index (χ4v) is 3.48. The molecule has 0 spiro atoms. The zero-order valence-corrected chi connectivity index (χ0v) is 20.3. The number of hydrogen-bond donors (Lipinski definition) is 1. The van der Waals surface area contributed by atoms with Gasteiger partial charge in [-0.2, -0.15) is 0 Å². The molecular weight excluding hydrogens is 468 g/mol. The van der Waals surface area contributed by atoms with Crippen molar-refractivity contribution < 1.29 is 38.2 Å². The first-order chi connectivity index (χ1) is 17.2. The van der Waals surface area contributed by atoms with Crippen molar-refractivity contribution in [3.8, 4) is 0 Å². The molecule has 2 amide bonds. The molecule has 0 bridgehead atoms. The second-order valence-corrected chi connectivity index (χ2v) is 8.67. The Bertz CT molecular complexity index is 1130. The third-order valence-electron chi connectivity index (χ3n) is 5.36. The van der Waals surface area contributed by atoms with Gasteiger partial charge in [0.05, 0.1) is 30.8 Å². The van der Waals surface area contributed by atoms with Crippen molar-refractivity contribution in [2.45, 2.75) is 20.3 Å². The van der Waals surface area contributed by atoms with Crippen LogP contribution in [0.4, 0.5) is 11.4 Å². The zero-order valence-electron chi connectivity index (χ0n) is 20.3. The molecule has 0 unspecified atom stereocenters. The molecule has 2 aromatic carbocycles. The van der Waals surface area contributed by atoms with Crippen molar-refractivity contribution >= 4 is 41.1 Å². The number of esters is 3. The molecule has 36 heavy (non-hydrogen) atoms. The second kappa shape index (κ2) is 12.0. The average Bonchev–Trinajstić information content (AvgIpc) is 3.27. The lowest BCUT2D eigenvalue weighted by atomic mass is 10.1. The molecule has 0 aliphatic carbocycles. The number of carbonyl (C=O) groups excluding carboxylic acids is 5. The van der Waals surface area contributed by atoms with Crippen molar-refractivity contribution in [2.24, 2.45) is 11.8 Å². The first-order valence-corrected chi connectivity index (χ1v) is 11.4. The van der Waals surface area contributed by atoms with Crippen molar-refractivity contribution in [3.63, 3.8) is 0 Å². The lowest BCUT2D eigenvalue weighted by Crippen LogP contribution is -2.28. The van der Waals surface area contributed by atoms with Crippen LogP contribution in [-0.4, -0.2) is 56.6 Å². The van der Waals surface area contributed by atoms with E-state index < -0.39 is 36.3 Å². The number of rotatable bonds is 9. The Morgan fingerprint density at radius 3 is 2.17 bits per heavy atom. The van der Waals surface area contributed by atoms with E-state index in [4.69, 9.17) is 9.47 Å². The van der Waals surface area contributed by atoms with Gasteiger partial charge >= 0.3 is 17.9 Å². The molecule has 0 aromatic heterocycles. The van der Waals surface area contributed by atoms with Gasteiger partial charge in [-0.1, -0.05) is 13.8 Å². The van der Waals surface area contributed by atoms with Gasteiger partial charge in [0.25, 0.3) is 5.91 Å². The number of carbonyl (C=O) groups is 5. The summed E-state index contributed by atoms with van der Waals surface area (Å²) in [6.07, 6.45) is -0.0480. The van der Waals surface area contributed by atoms with Gasteiger partial charge in [0.1, 0.15) is 0 Å². The summed E-state index contributed by atoms with van der Waals surface area (Å²) in [7, 11) is 1.28. The summed E-state index contributed by atoms with van der Waals surface area (Å²) in [5.74, 6) is -2.92. The number of ether oxygens (including phenoxy) is 3. The average molecular weight is 497 g/mol. The minimum atomic E-state index is -0.721. The predicted molar refractivity (Wildman–Crippen MR) is 129 cm³/mol. The van der Waals surface area contributed by atoms with E-state index in [0.29, 0.717) is 29.1 Å². The van der Waals surface area contributed by atoms with Crippen LogP contribution in [0.1, 0.15) is 41.0 Å². The molecule has 190 valence electrons. The maximum atomic E-state index is 12.4. The van der Waals surface area contributed by atoms with E-state index in [1.807, 2.05) is 13.8 Å².